The molecule has 1 aromatic rings. The fourth-order valence-electron chi connectivity index (χ4n) is 2.20. The number of hydrogen-bond acceptors (Lipinski definition) is 3. The highest BCUT2D eigenvalue weighted by Gasteiger charge is 2.46. The first kappa shape index (κ1) is 13.8. The topological polar surface area (TPSA) is 57.6 Å². The monoisotopic (exact) mass is 289 g/mol. The summed E-state index contributed by atoms with van der Waals surface area (Å²) in [6, 6.07) is 6.35. The van der Waals surface area contributed by atoms with Gasteiger partial charge in [-0.3, -0.25) is 0 Å². The third kappa shape index (κ3) is 2.40. The Balaban J connectivity index is 2.19. The number of benzene rings is 1. The summed E-state index contributed by atoms with van der Waals surface area (Å²) in [6.07, 6.45) is 1.44. The molecule has 2 rings (SSSR count). The van der Waals surface area contributed by atoms with Crippen molar-refractivity contribution in [1.29, 1.82) is 0 Å². The van der Waals surface area contributed by atoms with Crippen LogP contribution in [0.4, 0.5) is 0 Å². The molecule has 1 aliphatic heterocycles. The molecule has 4 nitrogen and oxygen atoms in total. The predicted molar refractivity (Wildman–Crippen MR) is 70.1 cm³/mol. The molecule has 1 N–H and O–H groups in total. The lowest BCUT2D eigenvalue weighted by atomic mass is 9.92. The van der Waals surface area contributed by atoms with Gasteiger partial charge in [0.25, 0.3) is 0 Å². The van der Waals surface area contributed by atoms with Gasteiger partial charge < -0.3 is 5.11 Å². The fraction of sp³-hybridized carbons (Fsp3) is 0.500. The standard InChI is InChI=1S/C12H16ClNO3S/c1-2-7-12(15)8-14(9-12)18(16,17)11-6-4-3-5-10(11)13/h3-6,15H,2,7-9H2,1H3. The third-order valence-electron chi connectivity index (χ3n) is 3.11. The zero-order chi connectivity index (χ0) is 13.4. The normalized spacial score (nSPS) is 19.5. The highest BCUT2D eigenvalue weighted by atomic mass is 35.5. The fourth-order valence-corrected chi connectivity index (χ4v) is 4.29. The first-order chi connectivity index (χ1) is 8.39. The molecule has 18 heavy (non-hydrogen) atoms. The van der Waals surface area contributed by atoms with Gasteiger partial charge in [0, 0.05) is 13.1 Å². The van der Waals surface area contributed by atoms with Gasteiger partial charge in [-0.25, -0.2) is 8.42 Å². The van der Waals surface area contributed by atoms with Gasteiger partial charge in [0.05, 0.1) is 10.6 Å². The largest absolute Gasteiger partial charge is 0.387 e. The summed E-state index contributed by atoms with van der Waals surface area (Å²) >= 11 is 5.90. The molecular formula is C12H16ClNO3S. The first-order valence-corrected chi connectivity index (χ1v) is 7.68. The Labute approximate surface area is 112 Å². The first-order valence-electron chi connectivity index (χ1n) is 5.86. The van der Waals surface area contributed by atoms with E-state index in [1.807, 2.05) is 6.92 Å². The second-order valence-electron chi connectivity index (χ2n) is 4.68. The van der Waals surface area contributed by atoms with Gasteiger partial charge >= 0.3 is 0 Å². The molecular weight excluding hydrogens is 274 g/mol. The van der Waals surface area contributed by atoms with Crippen LogP contribution in [0.1, 0.15) is 19.8 Å². The van der Waals surface area contributed by atoms with E-state index in [0.29, 0.717) is 6.42 Å². The average Bonchev–Trinajstić information content (AvgIpc) is 2.26. The van der Waals surface area contributed by atoms with Crippen LogP contribution < -0.4 is 0 Å². The predicted octanol–water partition coefficient (Wildman–Crippen LogP) is 1.88. The second kappa shape index (κ2) is 4.81. The van der Waals surface area contributed by atoms with E-state index in [1.165, 1.54) is 10.4 Å². The molecule has 1 heterocycles. The Hall–Kier alpha value is -0.620. The van der Waals surface area contributed by atoms with Gasteiger partial charge in [0.1, 0.15) is 4.90 Å². The summed E-state index contributed by atoms with van der Waals surface area (Å²) in [6.45, 7) is 2.26. The lowest BCUT2D eigenvalue weighted by Crippen LogP contribution is -2.63. The smallest absolute Gasteiger partial charge is 0.244 e. The molecule has 0 bridgehead atoms. The number of β-amino-alcohol motifs (C(OH)–C–C–N with tert-alkyl or cyclic N) is 1. The third-order valence-corrected chi connectivity index (χ3v) is 5.40. The van der Waals surface area contributed by atoms with E-state index < -0.39 is 15.6 Å². The van der Waals surface area contributed by atoms with Gasteiger partial charge in [0.2, 0.25) is 10.0 Å². The Morgan fingerprint density at radius 3 is 2.56 bits per heavy atom. The van der Waals surface area contributed by atoms with E-state index in [1.54, 1.807) is 18.2 Å². The highest BCUT2D eigenvalue weighted by molar-refractivity contribution is 7.89. The average molecular weight is 290 g/mol. The summed E-state index contributed by atoms with van der Waals surface area (Å²) in [5, 5.41) is 10.2. The Morgan fingerprint density at radius 1 is 1.39 bits per heavy atom. The maximum atomic E-state index is 12.3. The Morgan fingerprint density at radius 2 is 2.00 bits per heavy atom. The number of hydrogen-bond donors (Lipinski definition) is 1. The minimum absolute atomic E-state index is 0.102. The van der Waals surface area contributed by atoms with E-state index in [-0.39, 0.29) is 23.0 Å². The van der Waals surface area contributed by atoms with Crippen molar-refractivity contribution in [1.82, 2.24) is 4.31 Å². The molecule has 0 atom stereocenters. The molecule has 6 heteroatoms. The van der Waals surface area contributed by atoms with Gasteiger partial charge in [0.15, 0.2) is 0 Å². The van der Waals surface area contributed by atoms with Crippen molar-refractivity contribution in [2.24, 2.45) is 0 Å². The van der Waals surface area contributed by atoms with E-state index in [0.717, 1.165) is 6.42 Å². The van der Waals surface area contributed by atoms with Crippen LogP contribution in [0.2, 0.25) is 5.02 Å². The summed E-state index contributed by atoms with van der Waals surface area (Å²) in [5.41, 5.74) is -0.872. The summed E-state index contributed by atoms with van der Waals surface area (Å²) < 4.78 is 25.8. The molecule has 1 fully saturated rings. The summed E-state index contributed by atoms with van der Waals surface area (Å²) in [4.78, 5) is 0.102. The van der Waals surface area contributed by atoms with Crippen LogP contribution in [0, 0.1) is 0 Å². The van der Waals surface area contributed by atoms with E-state index in [4.69, 9.17) is 11.6 Å². The highest BCUT2D eigenvalue weighted by Crippen LogP contribution is 2.33. The number of halogens is 1. The van der Waals surface area contributed by atoms with Crippen LogP contribution in [0.3, 0.4) is 0 Å². The number of aliphatic hydroxyl groups is 1. The lowest BCUT2D eigenvalue weighted by molar-refractivity contribution is -0.0653. The zero-order valence-corrected chi connectivity index (χ0v) is 11.7. The lowest BCUT2D eigenvalue weighted by Gasteiger charge is -2.45. The van der Waals surface area contributed by atoms with Crippen molar-refractivity contribution < 1.29 is 13.5 Å². The molecule has 1 saturated heterocycles. The minimum atomic E-state index is -3.58. The Kier molecular flexibility index (Phi) is 3.69. The van der Waals surface area contributed by atoms with Gasteiger partial charge in [-0.05, 0) is 18.6 Å². The molecule has 0 aliphatic carbocycles. The molecule has 0 unspecified atom stereocenters. The SMILES string of the molecule is CCCC1(O)CN(S(=O)(=O)c2ccccc2Cl)C1. The zero-order valence-electron chi connectivity index (χ0n) is 10.1. The van der Waals surface area contributed by atoms with Crippen LogP contribution in [-0.2, 0) is 10.0 Å². The van der Waals surface area contributed by atoms with Crippen molar-refractivity contribution in [3.63, 3.8) is 0 Å². The van der Waals surface area contributed by atoms with Crippen LogP contribution in [0.5, 0.6) is 0 Å². The number of nitrogens with zero attached hydrogens (tertiary/aromatic N) is 1. The van der Waals surface area contributed by atoms with Crippen LogP contribution in [0.25, 0.3) is 0 Å². The molecule has 0 amide bonds. The van der Waals surface area contributed by atoms with Crippen molar-refractivity contribution in [3.8, 4) is 0 Å². The van der Waals surface area contributed by atoms with Gasteiger partial charge in [-0.1, -0.05) is 37.1 Å². The molecule has 1 aromatic carbocycles. The molecule has 0 spiro atoms. The van der Waals surface area contributed by atoms with Crippen molar-refractivity contribution in [3.05, 3.63) is 29.3 Å². The van der Waals surface area contributed by atoms with Crippen molar-refractivity contribution in [2.45, 2.75) is 30.3 Å². The van der Waals surface area contributed by atoms with E-state index in [2.05, 4.69) is 0 Å². The molecule has 1 aliphatic rings. The summed E-state index contributed by atoms with van der Waals surface area (Å²) in [5.74, 6) is 0. The van der Waals surface area contributed by atoms with Crippen molar-refractivity contribution in [2.75, 3.05) is 13.1 Å². The van der Waals surface area contributed by atoms with Gasteiger partial charge in [-0.2, -0.15) is 4.31 Å². The van der Waals surface area contributed by atoms with E-state index in [9.17, 15) is 13.5 Å². The van der Waals surface area contributed by atoms with Crippen LogP contribution in [0.15, 0.2) is 29.2 Å². The molecule has 0 radical (unpaired) electrons. The summed E-state index contributed by atoms with van der Waals surface area (Å²) in [7, 11) is -3.58. The molecule has 0 saturated carbocycles. The maximum absolute atomic E-state index is 12.3. The van der Waals surface area contributed by atoms with Crippen LogP contribution in [-0.4, -0.2) is 36.5 Å². The minimum Gasteiger partial charge on any atom is -0.387 e. The molecule has 100 valence electrons. The van der Waals surface area contributed by atoms with Crippen molar-refractivity contribution >= 4 is 21.6 Å². The quantitative estimate of drug-likeness (QED) is 0.921. The van der Waals surface area contributed by atoms with Gasteiger partial charge in [-0.15, -0.1) is 0 Å². The second-order valence-corrected chi connectivity index (χ2v) is 6.99. The van der Waals surface area contributed by atoms with E-state index >= 15 is 0 Å². The molecule has 0 aromatic heterocycles. The Bertz CT molecular complexity index is 538. The van der Waals surface area contributed by atoms with Crippen LogP contribution >= 0.6 is 11.6 Å². The number of sulfonamides is 1. The maximum Gasteiger partial charge on any atom is 0.244 e. The number of rotatable bonds is 4.